The highest BCUT2D eigenvalue weighted by Gasteiger charge is 2.19. The number of aliphatic hydroxyl groups is 2. The molecule has 0 fully saturated rings. The number of carbonyl (C=O) groups excluding carboxylic acids is 2. The van der Waals surface area contributed by atoms with Crippen molar-refractivity contribution < 1.29 is 19.8 Å². The number of anilines is 2. The lowest BCUT2D eigenvalue weighted by molar-refractivity contribution is -0.124. The first kappa shape index (κ1) is 19.3. The summed E-state index contributed by atoms with van der Waals surface area (Å²) in [6.07, 6.45) is -2.61. The second-order valence-corrected chi connectivity index (χ2v) is 6.19. The van der Waals surface area contributed by atoms with Gasteiger partial charge in [-0.3, -0.25) is 9.59 Å². The number of hydrogen-bond acceptors (Lipinski definition) is 4. The quantitative estimate of drug-likeness (QED) is 0.531. The van der Waals surface area contributed by atoms with E-state index < -0.39 is 24.0 Å². The van der Waals surface area contributed by atoms with E-state index in [1.807, 2.05) is 0 Å². The maximum absolute atomic E-state index is 12.3. The predicted molar refractivity (Wildman–Crippen MR) is 107 cm³/mol. The van der Waals surface area contributed by atoms with Crippen molar-refractivity contribution in [2.24, 2.45) is 0 Å². The number of aliphatic hydroxyl groups excluding tert-OH is 2. The van der Waals surface area contributed by atoms with Crippen LogP contribution in [0.1, 0.15) is 23.3 Å². The normalized spacial score (nSPS) is 12.6. The van der Waals surface area contributed by atoms with Gasteiger partial charge in [0, 0.05) is 11.4 Å². The molecular weight excluding hydrogens is 356 g/mol. The van der Waals surface area contributed by atoms with Crippen LogP contribution in [-0.4, -0.2) is 22.0 Å². The Morgan fingerprint density at radius 2 is 1.00 bits per heavy atom. The van der Waals surface area contributed by atoms with Crippen molar-refractivity contribution in [2.75, 3.05) is 10.6 Å². The summed E-state index contributed by atoms with van der Waals surface area (Å²) in [7, 11) is 0. The lowest BCUT2D eigenvalue weighted by Crippen LogP contribution is -2.22. The van der Waals surface area contributed by atoms with Crippen LogP contribution in [0.4, 0.5) is 11.4 Å². The molecular formula is C22H20N2O4. The fourth-order valence-corrected chi connectivity index (χ4v) is 2.67. The van der Waals surface area contributed by atoms with Gasteiger partial charge in [-0.1, -0.05) is 66.7 Å². The molecule has 0 aromatic heterocycles. The van der Waals surface area contributed by atoms with Gasteiger partial charge in [0.25, 0.3) is 11.8 Å². The van der Waals surface area contributed by atoms with Gasteiger partial charge in [-0.05, 0) is 29.3 Å². The van der Waals surface area contributed by atoms with Crippen LogP contribution in [0.25, 0.3) is 0 Å². The van der Waals surface area contributed by atoms with E-state index in [4.69, 9.17) is 0 Å². The summed E-state index contributed by atoms with van der Waals surface area (Å²) < 4.78 is 0. The maximum atomic E-state index is 12.3. The van der Waals surface area contributed by atoms with Crippen LogP contribution in [0.3, 0.4) is 0 Å². The molecule has 0 saturated carbocycles. The average molecular weight is 376 g/mol. The zero-order chi connectivity index (χ0) is 19.9. The van der Waals surface area contributed by atoms with E-state index >= 15 is 0 Å². The van der Waals surface area contributed by atoms with E-state index in [9.17, 15) is 19.8 Å². The summed E-state index contributed by atoms with van der Waals surface area (Å²) >= 11 is 0. The number of nitrogens with one attached hydrogen (secondary N) is 2. The van der Waals surface area contributed by atoms with Gasteiger partial charge >= 0.3 is 0 Å². The van der Waals surface area contributed by atoms with Crippen molar-refractivity contribution in [3.8, 4) is 0 Å². The molecule has 0 aliphatic rings. The largest absolute Gasteiger partial charge is 0.378 e. The third-order valence-electron chi connectivity index (χ3n) is 4.12. The summed E-state index contributed by atoms with van der Waals surface area (Å²) in [4.78, 5) is 24.5. The molecule has 3 aromatic rings. The molecule has 3 rings (SSSR count). The van der Waals surface area contributed by atoms with Crippen molar-refractivity contribution >= 4 is 23.2 Å². The summed E-state index contributed by atoms with van der Waals surface area (Å²) in [6, 6.07) is 23.6. The lowest BCUT2D eigenvalue weighted by atomic mass is 10.1. The van der Waals surface area contributed by atoms with Crippen molar-refractivity contribution in [3.05, 3.63) is 96.1 Å². The Balaban J connectivity index is 1.65. The molecule has 0 unspecified atom stereocenters. The minimum atomic E-state index is -1.31. The van der Waals surface area contributed by atoms with Gasteiger partial charge in [0.15, 0.2) is 12.2 Å². The van der Waals surface area contributed by atoms with E-state index in [1.165, 1.54) is 0 Å². The fraction of sp³-hybridized carbons (Fsp3) is 0.0909. The molecule has 0 radical (unpaired) electrons. The summed E-state index contributed by atoms with van der Waals surface area (Å²) in [6.45, 7) is 0. The first-order valence-corrected chi connectivity index (χ1v) is 8.72. The van der Waals surface area contributed by atoms with Gasteiger partial charge in [-0.15, -0.1) is 0 Å². The Morgan fingerprint density at radius 3 is 1.39 bits per heavy atom. The van der Waals surface area contributed by atoms with Gasteiger partial charge < -0.3 is 20.8 Å². The number of carbonyl (C=O) groups is 2. The third-order valence-corrected chi connectivity index (χ3v) is 4.12. The minimum Gasteiger partial charge on any atom is -0.378 e. The van der Waals surface area contributed by atoms with Crippen LogP contribution in [0, 0.1) is 0 Å². The van der Waals surface area contributed by atoms with Crippen molar-refractivity contribution in [1.29, 1.82) is 0 Å². The van der Waals surface area contributed by atoms with Crippen LogP contribution in [0.15, 0.2) is 84.9 Å². The van der Waals surface area contributed by atoms with Crippen molar-refractivity contribution in [2.45, 2.75) is 12.2 Å². The topological polar surface area (TPSA) is 98.7 Å². The second-order valence-electron chi connectivity index (χ2n) is 6.19. The average Bonchev–Trinajstić information content (AvgIpc) is 2.74. The molecule has 3 aromatic carbocycles. The molecule has 4 N–H and O–H groups in total. The number of amides is 2. The molecule has 28 heavy (non-hydrogen) atoms. The highest BCUT2D eigenvalue weighted by Crippen LogP contribution is 2.20. The smallest absolute Gasteiger partial charge is 0.257 e. The Kier molecular flexibility index (Phi) is 6.16. The van der Waals surface area contributed by atoms with E-state index in [1.54, 1.807) is 84.9 Å². The highest BCUT2D eigenvalue weighted by molar-refractivity contribution is 5.97. The molecule has 6 heteroatoms. The first-order valence-electron chi connectivity index (χ1n) is 8.72. The molecule has 2 amide bonds. The number of benzene rings is 3. The standard InChI is InChI=1S/C22H20N2O4/c25-19(15-8-3-1-4-9-15)21(27)23-17-12-7-13-18(14-17)24-22(28)20(26)16-10-5-2-6-11-16/h1-14,19-20,25-26H,(H,23,27)(H,24,28)/t19-,20-/m1/s1. The van der Waals surface area contributed by atoms with E-state index in [0.29, 0.717) is 22.5 Å². The Morgan fingerprint density at radius 1 is 0.607 bits per heavy atom. The Bertz CT molecular complexity index is 870. The van der Waals surface area contributed by atoms with Crippen molar-refractivity contribution in [1.82, 2.24) is 0 Å². The molecule has 0 spiro atoms. The molecule has 0 bridgehead atoms. The van der Waals surface area contributed by atoms with Gasteiger partial charge in [-0.2, -0.15) is 0 Å². The van der Waals surface area contributed by atoms with E-state index in [0.717, 1.165) is 0 Å². The second kappa shape index (κ2) is 8.94. The maximum Gasteiger partial charge on any atom is 0.257 e. The number of hydrogen-bond donors (Lipinski definition) is 4. The zero-order valence-electron chi connectivity index (χ0n) is 14.9. The first-order chi connectivity index (χ1) is 13.5. The lowest BCUT2D eigenvalue weighted by Gasteiger charge is -2.14. The molecule has 142 valence electrons. The highest BCUT2D eigenvalue weighted by atomic mass is 16.3. The Hall–Kier alpha value is -3.48. The molecule has 2 atom stereocenters. The minimum absolute atomic E-state index is 0.409. The zero-order valence-corrected chi connectivity index (χ0v) is 14.9. The molecule has 6 nitrogen and oxygen atoms in total. The van der Waals surface area contributed by atoms with Crippen LogP contribution < -0.4 is 10.6 Å². The van der Waals surface area contributed by atoms with E-state index in [2.05, 4.69) is 10.6 Å². The summed E-state index contributed by atoms with van der Waals surface area (Å²) in [5.41, 5.74) is 1.78. The monoisotopic (exact) mass is 376 g/mol. The van der Waals surface area contributed by atoms with Crippen LogP contribution in [-0.2, 0) is 9.59 Å². The third kappa shape index (κ3) is 4.82. The van der Waals surface area contributed by atoms with Gasteiger partial charge in [0.1, 0.15) is 0 Å². The summed E-state index contributed by atoms with van der Waals surface area (Å²) in [5, 5.41) is 25.5. The summed E-state index contributed by atoms with van der Waals surface area (Å²) in [5.74, 6) is -1.17. The SMILES string of the molecule is O=C(Nc1cccc(NC(=O)[C@H](O)c2ccccc2)c1)[C@H](O)c1ccccc1. The molecule has 0 heterocycles. The number of rotatable bonds is 6. The van der Waals surface area contributed by atoms with Crippen LogP contribution >= 0.6 is 0 Å². The van der Waals surface area contributed by atoms with Gasteiger partial charge in [-0.25, -0.2) is 0 Å². The predicted octanol–water partition coefficient (Wildman–Crippen LogP) is 3.03. The fourth-order valence-electron chi connectivity index (χ4n) is 2.67. The van der Waals surface area contributed by atoms with E-state index in [-0.39, 0.29) is 0 Å². The van der Waals surface area contributed by atoms with Crippen molar-refractivity contribution in [3.63, 3.8) is 0 Å². The molecule has 0 saturated heterocycles. The van der Waals surface area contributed by atoms with Crippen LogP contribution in [0.5, 0.6) is 0 Å². The van der Waals surface area contributed by atoms with Gasteiger partial charge in [0.2, 0.25) is 0 Å². The van der Waals surface area contributed by atoms with Gasteiger partial charge in [0.05, 0.1) is 0 Å². The Labute approximate surface area is 162 Å². The molecule has 0 aliphatic carbocycles. The molecule has 0 aliphatic heterocycles. The van der Waals surface area contributed by atoms with Crippen LogP contribution in [0.2, 0.25) is 0 Å².